The minimum absolute atomic E-state index is 0.0994. The number of carbonyl (C=O) groups excluding carboxylic acids is 1. The van der Waals surface area contributed by atoms with Crippen molar-refractivity contribution in [3.05, 3.63) is 57.8 Å². The number of aromatic carboxylic acids is 1. The number of aromatic nitrogens is 2. The van der Waals surface area contributed by atoms with E-state index in [-0.39, 0.29) is 16.9 Å². The van der Waals surface area contributed by atoms with Crippen LogP contribution in [0.25, 0.3) is 0 Å². The first-order valence-electron chi connectivity index (χ1n) is 5.77. The highest BCUT2D eigenvalue weighted by Gasteiger charge is 2.15. The van der Waals surface area contributed by atoms with E-state index in [9.17, 15) is 18.8 Å². The van der Waals surface area contributed by atoms with E-state index in [1.165, 1.54) is 13.1 Å². The predicted molar refractivity (Wildman–Crippen MR) is 70.8 cm³/mol. The maximum absolute atomic E-state index is 13.2. The molecular formula is C13H10FN3O4. The highest BCUT2D eigenvalue weighted by molar-refractivity contribution is 6.06. The van der Waals surface area contributed by atoms with Gasteiger partial charge >= 0.3 is 5.97 Å². The summed E-state index contributed by atoms with van der Waals surface area (Å²) in [4.78, 5) is 34.2. The number of rotatable bonds is 3. The van der Waals surface area contributed by atoms with Gasteiger partial charge in [0.1, 0.15) is 11.5 Å². The molecule has 0 spiro atoms. The monoisotopic (exact) mass is 291 g/mol. The number of nitrogens with zero attached hydrogens (tertiary/aromatic N) is 2. The van der Waals surface area contributed by atoms with Gasteiger partial charge in [0.25, 0.3) is 11.5 Å². The van der Waals surface area contributed by atoms with Crippen molar-refractivity contribution in [1.29, 1.82) is 0 Å². The molecule has 0 aliphatic heterocycles. The van der Waals surface area contributed by atoms with Crippen molar-refractivity contribution < 1.29 is 19.1 Å². The van der Waals surface area contributed by atoms with E-state index in [1.54, 1.807) is 0 Å². The van der Waals surface area contributed by atoms with E-state index in [4.69, 9.17) is 5.11 Å². The zero-order valence-corrected chi connectivity index (χ0v) is 10.8. The maximum Gasteiger partial charge on any atom is 0.337 e. The van der Waals surface area contributed by atoms with Crippen molar-refractivity contribution >= 4 is 17.6 Å². The number of nitrogens with one attached hydrogen (secondary N) is 1. The Labute approximate surface area is 117 Å². The first-order chi connectivity index (χ1) is 9.88. The van der Waals surface area contributed by atoms with Gasteiger partial charge in [0.05, 0.1) is 11.3 Å². The van der Waals surface area contributed by atoms with Crippen molar-refractivity contribution in [2.45, 2.75) is 0 Å². The summed E-state index contributed by atoms with van der Waals surface area (Å²) in [5.41, 5.74) is -0.945. The van der Waals surface area contributed by atoms with Crippen molar-refractivity contribution in [2.75, 3.05) is 5.32 Å². The Balaban J connectivity index is 2.35. The molecule has 1 aromatic heterocycles. The topological polar surface area (TPSA) is 101 Å². The molecule has 1 amide bonds. The normalized spacial score (nSPS) is 10.2. The maximum atomic E-state index is 13.2. The highest BCUT2D eigenvalue weighted by atomic mass is 19.1. The van der Waals surface area contributed by atoms with Gasteiger partial charge in [-0.2, -0.15) is 5.10 Å². The lowest BCUT2D eigenvalue weighted by atomic mass is 10.1. The van der Waals surface area contributed by atoms with Crippen molar-refractivity contribution in [3.8, 4) is 0 Å². The van der Waals surface area contributed by atoms with Crippen LogP contribution in [0.5, 0.6) is 0 Å². The molecule has 7 nitrogen and oxygen atoms in total. The first-order valence-corrected chi connectivity index (χ1v) is 5.77. The number of hydrogen-bond donors (Lipinski definition) is 2. The zero-order valence-electron chi connectivity index (χ0n) is 10.8. The molecule has 2 aromatic rings. The lowest BCUT2D eigenvalue weighted by Crippen LogP contribution is -2.24. The fourth-order valence-corrected chi connectivity index (χ4v) is 1.62. The molecule has 0 saturated heterocycles. The fraction of sp³-hybridized carbons (Fsp3) is 0.0769. The number of amides is 1. The average molecular weight is 291 g/mol. The van der Waals surface area contributed by atoms with Crippen LogP contribution >= 0.6 is 0 Å². The Kier molecular flexibility index (Phi) is 3.79. The van der Waals surface area contributed by atoms with E-state index >= 15 is 0 Å². The van der Waals surface area contributed by atoms with Gasteiger partial charge in [0.2, 0.25) is 0 Å². The Morgan fingerprint density at radius 2 is 2.00 bits per heavy atom. The van der Waals surface area contributed by atoms with Gasteiger partial charge in [-0.05, 0) is 24.3 Å². The molecular weight excluding hydrogens is 281 g/mol. The molecule has 0 aliphatic carbocycles. The number of halogens is 1. The van der Waals surface area contributed by atoms with Crippen LogP contribution in [0, 0.1) is 5.82 Å². The minimum atomic E-state index is -1.31. The quantitative estimate of drug-likeness (QED) is 0.873. The van der Waals surface area contributed by atoms with Crippen LogP contribution < -0.4 is 10.9 Å². The second-order valence-electron chi connectivity index (χ2n) is 4.13. The van der Waals surface area contributed by atoms with Crippen molar-refractivity contribution in [1.82, 2.24) is 9.78 Å². The summed E-state index contributed by atoms with van der Waals surface area (Å²) >= 11 is 0. The van der Waals surface area contributed by atoms with Crippen LogP contribution in [0.3, 0.4) is 0 Å². The van der Waals surface area contributed by atoms with E-state index in [1.807, 2.05) is 0 Å². The summed E-state index contributed by atoms with van der Waals surface area (Å²) in [5.74, 6) is -2.75. The largest absolute Gasteiger partial charge is 0.478 e. The summed E-state index contributed by atoms with van der Waals surface area (Å²) in [6, 6.07) is 5.25. The van der Waals surface area contributed by atoms with Crippen LogP contribution in [0.1, 0.15) is 20.8 Å². The molecule has 0 unspecified atom stereocenters. The second-order valence-corrected chi connectivity index (χ2v) is 4.13. The van der Waals surface area contributed by atoms with Gasteiger partial charge in [0, 0.05) is 13.1 Å². The van der Waals surface area contributed by atoms with E-state index in [2.05, 4.69) is 10.4 Å². The van der Waals surface area contributed by atoms with Crippen molar-refractivity contribution in [2.24, 2.45) is 7.05 Å². The standard InChI is InChI=1S/C13H10FN3O4/c1-17-11(18)5-4-9(16-17)12(19)15-10-6-7(14)2-3-8(10)13(20)21/h2-6H,1H3,(H,15,19)(H,20,21). The molecule has 8 heteroatoms. The summed E-state index contributed by atoms with van der Waals surface area (Å²) < 4.78 is 14.1. The molecule has 0 aliphatic rings. The van der Waals surface area contributed by atoms with Gasteiger partial charge in [0.15, 0.2) is 0 Å². The third kappa shape index (κ3) is 3.11. The first kappa shape index (κ1) is 14.4. The molecule has 0 fully saturated rings. The Morgan fingerprint density at radius 3 is 2.62 bits per heavy atom. The number of carboxylic acid groups (broad SMARTS) is 1. The molecule has 0 atom stereocenters. The molecule has 2 N–H and O–H groups in total. The van der Waals surface area contributed by atoms with Gasteiger partial charge in [-0.3, -0.25) is 9.59 Å². The lowest BCUT2D eigenvalue weighted by molar-refractivity contribution is 0.0698. The summed E-state index contributed by atoms with van der Waals surface area (Å²) in [7, 11) is 1.37. The fourth-order valence-electron chi connectivity index (χ4n) is 1.62. The van der Waals surface area contributed by atoms with Crippen LogP contribution in [0.2, 0.25) is 0 Å². The minimum Gasteiger partial charge on any atom is -0.478 e. The molecule has 0 bridgehead atoms. The second kappa shape index (κ2) is 5.53. The van der Waals surface area contributed by atoms with Crippen molar-refractivity contribution in [3.63, 3.8) is 0 Å². The molecule has 108 valence electrons. The third-order valence-corrected chi connectivity index (χ3v) is 2.65. The summed E-state index contributed by atoms with van der Waals surface area (Å²) in [5, 5.41) is 15.0. The summed E-state index contributed by atoms with van der Waals surface area (Å²) in [6.45, 7) is 0. The number of carboxylic acids is 1. The smallest absolute Gasteiger partial charge is 0.337 e. The zero-order chi connectivity index (χ0) is 15.6. The third-order valence-electron chi connectivity index (χ3n) is 2.65. The summed E-state index contributed by atoms with van der Waals surface area (Å²) in [6.07, 6.45) is 0. The van der Waals surface area contributed by atoms with Crippen LogP contribution in [-0.2, 0) is 7.05 Å². The Hall–Kier alpha value is -3.03. The number of anilines is 1. The van der Waals surface area contributed by atoms with Crippen LogP contribution in [0.4, 0.5) is 10.1 Å². The van der Waals surface area contributed by atoms with Crippen LogP contribution in [-0.4, -0.2) is 26.8 Å². The highest BCUT2D eigenvalue weighted by Crippen LogP contribution is 2.18. The molecule has 0 saturated carbocycles. The lowest BCUT2D eigenvalue weighted by Gasteiger charge is -2.08. The van der Waals surface area contributed by atoms with E-state index in [0.29, 0.717) is 0 Å². The molecule has 21 heavy (non-hydrogen) atoms. The van der Waals surface area contributed by atoms with Gasteiger partial charge in [-0.15, -0.1) is 0 Å². The van der Waals surface area contributed by atoms with Gasteiger partial charge in [-0.25, -0.2) is 13.9 Å². The number of aryl methyl sites for hydroxylation is 1. The van der Waals surface area contributed by atoms with E-state index in [0.717, 1.165) is 28.9 Å². The average Bonchev–Trinajstić information content (AvgIpc) is 2.41. The predicted octanol–water partition coefficient (Wildman–Crippen LogP) is 0.870. The number of carbonyl (C=O) groups is 2. The molecule has 1 heterocycles. The SMILES string of the molecule is Cn1nc(C(=O)Nc2cc(F)ccc2C(=O)O)ccc1=O. The Morgan fingerprint density at radius 1 is 1.29 bits per heavy atom. The van der Waals surface area contributed by atoms with Crippen LogP contribution in [0.15, 0.2) is 35.1 Å². The number of hydrogen-bond acceptors (Lipinski definition) is 4. The van der Waals surface area contributed by atoms with Gasteiger partial charge < -0.3 is 10.4 Å². The number of benzene rings is 1. The van der Waals surface area contributed by atoms with Gasteiger partial charge in [-0.1, -0.05) is 0 Å². The molecule has 2 rings (SSSR count). The molecule has 1 aromatic carbocycles. The molecule has 0 radical (unpaired) electrons. The Bertz CT molecular complexity index is 785. The van der Waals surface area contributed by atoms with E-state index < -0.39 is 23.3 Å².